The summed E-state index contributed by atoms with van der Waals surface area (Å²) in [5, 5.41) is 11.7. The van der Waals surface area contributed by atoms with Crippen LogP contribution in [0.25, 0.3) is 0 Å². The molecule has 1 amide bonds. The average molecular weight is 208 g/mol. The predicted molar refractivity (Wildman–Crippen MR) is 59.5 cm³/mol. The van der Waals surface area contributed by atoms with E-state index >= 15 is 0 Å². The Morgan fingerprint density at radius 1 is 1.47 bits per heavy atom. The molecule has 15 heavy (non-hydrogen) atoms. The highest BCUT2D eigenvalue weighted by Gasteiger charge is 2.20. The first-order valence-corrected chi connectivity index (χ1v) is 4.74. The predicted octanol–water partition coefficient (Wildman–Crippen LogP) is 0.770. The number of nitrogens with two attached hydrogens (primary N) is 1. The van der Waals surface area contributed by atoms with Crippen LogP contribution in [-0.2, 0) is 0 Å². The number of aliphatic hydroxyl groups excluding tert-OH is 1. The standard InChI is InChI=1S/C11H16N2O2/c1-11(2,7-14)13-10(15)8-5-3-4-6-9(8)12/h3-6,14H,7,12H2,1-2H3,(H,13,15). The van der Waals surface area contributed by atoms with E-state index in [1.165, 1.54) is 0 Å². The fourth-order valence-electron chi connectivity index (χ4n) is 1.12. The van der Waals surface area contributed by atoms with Crippen molar-refractivity contribution in [1.82, 2.24) is 5.32 Å². The van der Waals surface area contributed by atoms with Gasteiger partial charge in [0.2, 0.25) is 0 Å². The number of nitrogens with one attached hydrogen (secondary N) is 1. The molecule has 0 saturated heterocycles. The minimum Gasteiger partial charge on any atom is -0.398 e. The molecular formula is C11H16N2O2. The lowest BCUT2D eigenvalue weighted by atomic mass is 10.1. The van der Waals surface area contributed by atoms with Crippen LogP contribution in [0.2, 0.25) is 0 Å². The first-order valence-electron chi connectivity index (χ1n) is 4.74. The number of hydrogen-bond donors (Lipinski definition) is 3. The third-order valence-electron chi connectivity index (χ3n) is 2.05. The smallest absolute Gasteiger partial charge is 0.253 e. The van der Waals surface area contributed by atoms with Crippen LogP contribution in [0, 0.1) is 0 Å². The molecule has 0 bridgehead atoms. The molecular weight excluding hydrogens is 192 g/mol. The lowest BCUT2D eigenvalue weighted by Crippen LogP contribution is -2.46. The Kier molecular flexibility index (Phi) is 3.31. The van der Waals surface area contributed by atoms with E-state index in [4.69, 9.17) is 10.8 Å². The van der Waals surface area contributed by atoms with Gasteiger partial charge in [-0.05, 0) is 26.0 Å². The van der Waals surface area contributed by atoms with Crippen molar-refractivity contribution >= 4 is 11.6 Å². The molecule has 0 fully saturated rings. The van der Waals surface area contributed by atoms with Crippen LogP contribution in [0.5, 0.6) is 0 Å². The first-order chi connectivity index (χ1) is 6.96. The zero-order valence-corrected chi connectivity index (χ0v) is 8.95. The van der Waals surface area contributed by atoms with E-state index in [0.29, 0.717) is 11.3 Å². The molecule has 0 saturated carbocycles. The minimum atomic E-state index is -0.640. The molecule has 0 spiro atoms. The van der Waals surface area contributed by atoms with Crippen LogP contribution < -0.4 is 11.1 Å². The number of rotatable bonds is 3. The Labute approximate surface area is 89.1 Å². The summed E-state index contributed by atoms with van der Waals surface area (Å²) >= 11 is 0. The largest absolute Gasteiger partial charge is 0.398 e. The van der Waals surface area contributed by atoms with Crippen LogP contribution in [0.15, 0.2) is 24.3 Å². The van der Waals surface area contributed by atoms with Crippen LogP contribution in [0.4, 0.5) is 5.69 Å². The SMILES string of the molecule is CC(C)(CO)NC(=O)c1ccccc1N. The van der Waals surface area contributed by atoms with Gasteiger partial charge < -0.3 is 16.2 Å². The zero-order valence-electron chi connectivity index (χ0n) is 8.95. The summed E-state index contributed by atoms with van der Waals surface area (Å²) in [6.45, 7) is 3.36. The van der Waals surface area contributed by atoms with Gasteiger partial charge in [0.1, 0.15) is 0 Å². The van der Waals surface area contributed by atoms with Gasteiger partial charge in [0, 0.05) is 5.69 Å². The van der Waals surface area contributed by atoms with Gasteiger partial charge in [0.05, 0.1) is 17.7 Å². The van der Waals surface area contributed by atoms with Crippen LogP contribution in [-0.4, -0.2) is 23.2 Å². The summed E-state index contributed by atoms with van der Waals surface area (Å²) in [4.78, 5) is 11.7. The summed E-state index contributed by atoms with van der Waals surface area (Å²) < 4.78 is 0. The summed E-state index contributed by atoms with van der Waals surface area (Å²) in [5.74, 6) is -0.271. The summed E-state index contributed by atoms with van der Waals surface area (Å²) in [5.41, 5.74) is 5.88. The van der Waals surface area contributed by atoms with E-state index < -0.39 is 5.54 Å². The fourth-order valence-corrected chi connectivity index (χ4v) is 1.12. The van der Waals surface area contributed by atoms with Gasteiger partial charge in [-0.25, -0.2) is 0 Å². The summed E-state index contributed by atoms with van der Waals surface area (Å²) in [6, 6.07) is 6.83. The Morgan fingerprint density at radius 2 is 2.07 bits per heavy atom. The highest BCUT2D eigenvalue weighted by Crippen LogP contribution is 2.11. The topological polar surface area (TPSA) is 75.3 Å². The molecule has 0 aliphatic heterocycles. The Bertz CT molecular complexity index is 361. The van der Waals surface area contributed by atoms with Crippen molar-refractivity contribution in [1.29, 1.82) is 0 Å². The second-order valence-corrected chi connectivity index (χ2v) is 4.08. The Morgan fingerprint density at radius 3 is 2.60 bits per heavy atom. The lowest BCUT2D eigenvalue weighted by Gasteiger charge is -2.23. The van der Waals surface area contributed by atoms with Crippen molar-refractivity contribution in [2.75, 3.05) is 12.3 Å². The summed E-state index contributed by atoms with van der Waals surface area (Å²) in [6.07, 6.45) is 0. The van der Waals surface area contributed by atoms with E-state index in [-0.39, 0.29) is 12.5 Å². The number of aliphatic hydroxyl groups is 1. The molecule has 0 aromatic heterocycles. The number of hydrogen-bond acceptors (Lipinski definition) is 3. The van der Waals surface area contributed by atoms with E-state index in [0.717, 1.165) is 0 Å². The maximum Gasteiger partial charge on any atom is 0.253 e. The molecule has 0 atom stereocenters. The Balaban J connectivity index is 2.83. The molecule has 0 radical (unpaired) electrons. The van der Waals surface area contributed by atoms with Gasteiger partial charge in [-0.2, -0.15) is 0 Å². The van der Waals surface area contributed by atoms with Crippen molar-refractivity contribution < 1.29 is 9.90 Å². The maximum atomic E-state index is 11.7. The van der Waals surface area contributed by atoms with Crippen LogP contribution in [0.3, 0.4) is 0 Å². The number of anilines is 1. The van der Waals surface area contributed by atoms with Gasteiger partial charge in [-0.3, -0.25) is 4.79 Å². The molecule has 1 aromatic carbocycles. The van der Waals surface area contributed by atoms with Crippen molar-refractivity contribution in [3.63, 3.8) is 0 Å². The summed E-state index contributed by atoms with van der Waals surface area (Å²) in [7, 11) is 0. The second kappa shape index (κ2) is 4.31. The fraction of sp³-hybridized carbons (Fsp3) is 0.364. The second-order valence-electron chi connectivity index (χ2n) is 4.08. The molecule has 0 unspecified atom stereocenters. The monoisotopic (exact) mass is 208 g/mol. The third kappa shape index (κ3) is 2.95. The molecule has 82 valence electrons. The van der Waals surface area contributed by atoms with Crippen molar-refractivity contribution in [3.05, 3.63) is 29.8 Å². The van der Waals surface area contributed by atoms with Crippen LogP contribution >= 0.6 is 0 Å². The normalized spacial score (nSPS) is 11.1. The molecule has 0 heterocycles. The van der Waals surface area contributed by atoms with Gasteiger partial charge in [0.15, 0.2) is 0 Å². The number of benzene rings is 1. The van der Waals surface area contributed by atoms with E-state index in [9.17, 15) is 4.79 Å². The van der Waals surface area contributed by atoms with Crippen molar-refractivity contribution in [2.45, 2.75) is 19.4 Å². The average Bonchev–Trinajstić information content (AvgIpc) is 2.17. The highest BCUT2D eigenvalue weighted by molar-refractivity contribution is 5.99. The lowest BCUT2D eigenvalue weighted by molar-refractivity contribution is 0.0870. The van der Waals surface area contributed by atoms with Gasteiger partial charge in [-0.1, -0.05) is 12.1 Å². The third-order valence-corrected chi connectivity index (χ3v) is 2.05. The molecule has 4 nitrogen and oxygen atoms in total. The number of amides is 1. The van der Waals surface area contributed by atoms with E-state index in [1.54, 1.807) is 38.1 Å². The zero-order chi connectivity index (χ0) is 11.5. The number of nitrogen functional groups attached to an aromatic ring is 1. The Hall–Kier alpha value is -1.55. The van der Waals surface area contributed by atoms with Crippen LogP contribution in [0.1, 0.15) is 24.2 Å². The number of para-hydroxylation sites is 1. The molecule has 1 rings (SSSR count). The highest BCUT2D eigenvalue weighted by atomic mass is 16.3. The first kappa shape index (κ1) is 11.5. The van der Waals surface area contributed by atoms with Crippen molar-refractivity contribution in [2.24, 2.45) is 0 Å². The minimum absolute atomic E-state index is 0.120. The molecule has 1 aromatic rings. The number of carbonyl (C=O) groups is 1. The van der Waals surface area contributed by atoms with Gasteiger partial charge >= 0.3 is 0 Å². The van der Waals surface area contributed by atoms with Crippen molar-refractivity contribution in [3.8, 4) is 0 Å². The molecule has 0 aliphatic carbocycles. The van der Waals surface area contributed by atoms with E-state index in [2.05, 4.69) is 5.32 Å². The quantitative estimate of drug-likeness (QED) is 0.642. The van der Waals surface area contributed by atoms with E-state index in [1.807, 2.05) is 0 Å². The molecule has 4 N–H and O–H groups in total. The molecule has 0 aliphatic rings. The maximum absolute atomic E-state index is 11.7. The molecule has 4 heteroatoms. The van der Waals surface area contributed by atoms with Gasteiger partial charge in [-0.15, -0.1) is 0 Å². The number of carbonyl (C=O) groups excluding carboxylic acids is 1. The van der Waals surface area contributed by atoms with Gasteiger partial charge in [0.25, 0.3) is 5.91 Å².